The number of aryl methyl sites for hydroxylation is 1. The Morgan fingerprint density at radius 3 is 2.73 bits per heavy atom. The SMILES string of the molecule is CCN(CC)c1ccc2nnc(CCC(=O)Nc3cccc(F)c3)n2n1. The van der Waals surface area contributed by atoms with Crippen molar-refractivity contribution in [3.05, 3.63) is 48.0 Å². The largest absolute Gasteiger partial charge is 0.356 e. The molecule has 1 amide bonds. The molecule has 8 heteroatoms. The fraction of sp³-hybridized carbons (Fsp3) is 0.333. The number of benzene rings is 1. The molecule has 3 rings (SSSR count). The van der Waals surface area contributed by atoms with Gasteiger partial charge in [-0.15, -0.1) is 15.3 Å². The van der Waals surface area contributed by atoms with E-state index in [0.717, 1.165) is 18.9 Å². The summed E-state index contributed by atoms with van der Waals surface area (Å²) in [7, 11) is 0. The minimum absolute atomic E-state index is 0.203. The van der Waals surface area contributed by atoms with Crippen LogP contribution in [0.1, 0.15) is 26.1 Å². The Bertz CT molecular complexity index is 906. The molecule has 0 spiro atoms. The van der Waals surface area contributed by atoms with Crippen LogP contribution < -0.4 is 10.2 Å². The van der Waals surface area contributed by atoms with Crippen LogP contribution in [0.4, 0.5) is 15.9 Å². The van der Waals surface area contributed by atoms with Gasteiger partial charge < -0.3 is 10.2 Å². The maximum Gasteiger partial charge on any atom is 0.224 e. The number of rotatable bonds is 7. The summed E-state index contributed by atoms with van der Waals surface area (Å²) in [6.07, 6.45) is 0.589. The molecule has 0 saturated heterocycles. The second-order valence-corrected chi connectivity index (χ2v) is 5.81. The summed E-state index contributed by atoms with van der Waals surface area (Å²) in [4.78, 5) is 14.2. The van der Waals surface area contributed by atoms with Crippen molar-refractivity contribution in [2.75, 3.05) is 23.3 Å². The average Bonchev–Trinajstić information content (AvgIpc) is 3.03. The summed E-state index contributed by atoms with van der Waals surface area (Å²) in [5.74, 6) is 0.850. The first kappa shape index (κ1) is 17.8. The Labute approximate surface area is 150 Å². The van der Waals surface area contributed by atoms with Gasteiger partial charge in [-0.3, -0.25) is 4.79 Å². The van der Waals surface area contributed by atoms with Gasteiger partial charge in [-0.1, -0.05) is 6.07 Å². The van der Waals surface area contributed by atoms with Crippen molar-refractivity contribution in [2.24, 2.45) is 0 Å². The van der Waals surface area contributed by atoms with Gasteiger partial charge in [0.2, 0.25) is 5.91 Å². The molecule has 0 aliphatic carbocycles. The lowest BCUT2D eigenvalue weighted by Crippen LogP contribution is -2.23. The summed E-state index contributed by atoms with van der Waals surface area (Å²) in [6.45, 7) is 5.84. The van der Waals surface area contributed by atoms with Gasteiger partial charge in [0.05, 0.1) is 0 Å². The first-order valence-electron chi connectivity index (χ1n) is 8.62. The van der Waals surface area contributed by atoms with Gasteiger partial charge in [-0.2, -0.15) is 4.52 Å². The van der Waals surface area contributed by atoms with E-state index >= 15 is 0 Å². The number of hydrogen-bond acceptors (Lipinski definition) is 5. The van der Waals surface area contributed by atoms with Gasteiger partial charge in [0.15, 0.2) is 11.5 Å². The molecule has 3 aromatic rings. The van der Waals surface area contributed by atoms with E-state index in [4.69, 9.17) is 0 Å². The Morgan fingerprint density at radius 1 is 1.19 bits per heavy atom. The van der Waals surface area contributed by atoms with Crippen LogP contribution in [0.25, 0.3) is 5.65 Å². The fourth-order valence-corrected chi connectivity index (χ4v) is 2.71. The summed E-state index contributed by atoms with van der Waals surface area (Å²) < 4.78 is 14.8. The first-order chi connectivity index (χ1) is 12.6. The standard InChI is InChI=1S/C18H21FN6O/c1-3-24(4-2)17-9-8-15-21-22-16(25(15)23-17)10-11-18(26)20-14-7-5-6-13(19)12-14/h5-9,12H,3-4,10-11H2,1-2H3,(H,20,26). The smallest absolute Gasteiger partial charge is 0.224 e. The maximum atomic E-state index is 13.2. The molecule has 26 heavy (non-hydrogen) atoms. The molecule has 0 unspecified atom stereocenters. The number of aromatic nitrogens is 4. The van der Waals surface area contributed by atoms with Crippen LogP contribution in [-0.4, -0.2) is 38.8 Å². The summed E-state index contributed by atoms with van der Waals surface area (Å²) in [6, 6.07) is 9.59. The van der Waals surface area contributed by atoms with E-state index in [0.29, 0.717) is 23.6 Å². The molecule has 2 heterocycles. The molecule has 1 N–H and O–H groups in total. The van der Waals surface area contributed by atoms with Crippen LogP contribution >= 0.6 is 0 Å². The van der Waals surface area contributed by atoms with E-state index in [2.05, 4.69) is 39.4 Å². The third kappa shape index (κ3) is 3.96. The highest BCUT2D eigenvalue weighted by atomic mass is 19.1. The Hall–Kier alpha value is -3.03. The zero-order chi connectivity index (χ0) is 18.5. The van der Waals surface area contributed by atoms with Crippen molar-refractivity contribution in [1.82, 2.24) is 19.8 Å². The van der Waals surface area contributed by atoms with Crippen LogP contribution in [0, 0.1) is 5.82 Å². The zero-order valence-corrected chi connectivity index (χ0v) is 14.8. The normalized spacial score (nSPS) is 10.9. The number of carbonyl (C=O) groups excluding carboxylic acids is 1. The molecule has 0 saturated carbocycles. The molecular weight excluding hydrogens is 335 g/mol. The number of halogens is 1. The first-order valence-corrected chi connectivity index (χ1v) is 8.62. The van der Waals surface area contributed by atoms with Gasteiger partial charge in [0.1, 0.15) is 11.6 Å². The highest BCUT2D eigenvalue weighted by Gasteiger charge is 2.12. The Kier molecular flexibility index (Phi) is 5.40. The molecule has 0 radical (unpaired) electrons. The molecule has 1 aromatic carbocycles. The maximum absolute atomic E-state index is 13.2. The third-order valence-corrected chi connectivity index (χ3v) is 4.08. The molecule has 0 aliphatic heterocycles. The Balaban J connectivity index is 1.70. The summed E-state index contributed by atoms with van der Waals surface area (Å²) in [5, 5.41) is 15.5. The number of fused-ring (bicyclic) bond motifs is 1. The van der Waals surface area contributed by atoms with Gasteiger partial charge in [0, 0.05) is 31.6 Å². The molecule has 0 bridgehead atoms. The van der Waals surface area contributed by atoms with Crippen molar-refractivity contribution in [3.8, 4) is 0 Å². The van der Waals surface area contributed by atoms with E-state index in [1.807, 2.05) is 12.1 Å². The second-order valence-electron chi connectivity index (χ2n) is 5.81. The van der Waals surface area contributed by atoms with Crippen molar-refractivity contribution in [3.63, 3.8) is 0 Å². The number of hydrogen-bond donors (Lipinski definition) is 1. The predicted molar refractivity (Wildman–Crippen MR) is 97.7 cm³/mol. The summed E-state index contributed by atoms with van der Waals surface area (Å²) in [5.41, 5.74) is 1.07. The van der Waals surface area contributed by atoms with Crippen molar-refractivity contribution >= 4 is 23.1 Å². The van der Waals surface area contributed by atoms with Gasteiger partial charge in [-0.25, -0.2) is 4.39 Å². The molecule has 136 valence electrons. The fourth-order valence-electron chi connectivity index (χ4n) is 2.71. The highest BCUT2D eigenvalue weighted by Crippen LogP contribution is 2.13. The van der Waals surface area contributed by atoms with Crippen molar-refractivity contribution < 1.29 is 9.18 Å². The molecule has 0 aliphatic rings. The Morgan fingerprint density at radius 2 is 2.00 bits per heavy atom. The van der Waals surface area contributed by atoms with Crippen LogP contribution in [0.2, 0.25) is 0 Å². The number of amides is 1. The molecule has 2 aromatic heterocycles. The van der Waals surface area contributed by atoms with Crippen molar-refractivity contribution in [1.29, 1.82) is 0 Å². The molecule has 0 atom stereocenters. The average molecular weight is 356 g/mol. The number of nitrogens with one attached hydrogen (secondary N) is 1. The van der Waals surface area contributed by atoms with Crippen LogP contribution in [0.5, 0.6) is 0 Å². The lowest BCUT2D eigenvalue weighted by molar-refractivity contribution is -0.116. The molecule has 7 nitrogen and oxygen atoms in total. The predicted octanol–water partition coefficient (Wildman–Crippen LogP) is 2.68. The van der Waals surface area contributed by atoms with Crippen molar-refractivity contribution in [2.45, 2.75) is 26.7 Å². The molecule has 0 fully saturated rings. The van der Waals surface area contributed by atoms with Gasteiger partial charge in [-0.05, 0) is 44.2 Å². The minimum Gasteiger partial charge on any atom is -0.356 e. The monoisotopic (exact) mass is 356 g/mol. The van der Waals surface area contributed by atoms with E-state index in [1.165, 1.54) is 12.1 Å². The van der Waals surface area contributed by atoms with Gasteiger partial charge in [0.25, 0.3) is 0 Å². The summed E-state index contributed by atoms with van der Waals surface area (Å²) >= 11 is 0. The van der Waals surface area contributed by atoms with Crippen LogP contribution in [0.3, 0.4) is 0 Å². The quantitative estimate of drug-likeness (QED) is 0.704. The van der Waals surface area contributed by atoms with E-state index in [-0.39, 0.29) is 18.1 Å². The highest BCUT2D eigenvalue weighted by molar-refractivity contribution is 5.90. The number of nitrogens with zero attached hydrogens (tertiary/aromatic N) is 5. The van der Waals surface area contributed by atoms with Crippen LogP contribution in [0.15, 0.2) is 36.4 Å². The molecular formula is C18H21FN6O. The second kappa shape index (κ2) is 7.90. The van der Waals surface area contributed by atoms with E-state index in [9.17, 15) is 9.18 Å². The topological polar surface area (TPSA) is 75.4 Å². The van der Waals surface area contributed by atoms with E-state index in [1.54, 1.807) is 16.6 Å². The lowest BCUT2D eigenvalue weighted by Gasteiger charge is -2.19. The lowest BCUT2D eigenvalue weighted by atomic mass is 10.2. The third-order valence-electron chi connectivity index (χ3n) is 4.08. The minimum atomic E-state index is -0.389. The number of carbonyl (C=O) groups is 1. The number of anilines is 2. The van der Waals surface area contributed by atoms with E-state index < -0.39 is 0 Å². The van der Waals surface area contributed by atoms with Crippen LogP contribution in [-0.2, 0) is 11.2 Å². The van der Waals surface area contributed by atoms with Gasteiger partial charge >= 0.3 is 0 Å². The zero-order valence-electron chi connectivity index (χ0n) is 14.8.